The standard InChI is InChI=1S/C21H27N3O5/c1-13-5-3-4-6-15(13)22-18(25)12-24-19(26)21(2,23-20(24)27)14-7-8-16-17(11-14)29-10-9-28-16/h7-8,11,13,15H,3-6,9-10,12H2,1-2H3,(H,22,25)(H,23,27)/t13-,15+,21+/m1/s1. The lowest BCUT2D eigenvalue weighted by Gasteiger charge is -2.30. The molecule has 8 nitrogen and oxygen atoms in total. The van der Waals surface area contributed by atoms with Crippen LogP contribution in [0.25, 0.3) is 0 Å². The Labute approximate surface area is 169 Å². The van der Waals surface area contributed by atoms with Crippen LogP contribution in [0.1, 0.15) is 45.1 Å². The number of carbonyl (C=O) groups excluding carboxylic acids is 3. The number of nitrogens with zero attached hydrogens (tertiary/aromatic N) is 1. The van der Waals surface area contributed by atoms with Crippen LogP contribution in [0.2, 0.25) is 0 Å². The van der Waals surface area contributed by atoms with Crippen LogP contribution in [0.4, 0.5) is 4.79 Å². The van der Waals surface area contributed by atoms with Gasteiger partial charge in [0.25, 0.3) is 5.91 Å². The number of amides is 4. The first-order valence-electron chi connectivity index (χ1n) is 10.2. The summed E-state index contributed by atoms with van der Waals surface area (Å²) in [6.07, 6.45) is 4.27. The first kappa shape index (κ1) is 19.5. The summed E-state index contributed by atoms with van der Waals surface area (Å²) in [6.45, 7) is 4.38. The molecule has 8 heteroatoms. The Balaban J connectivity index is 1.47. The Kier molecular flexibility index (Phi) is 5.10. The van der Waals surface area contributed by atoms with Gasteiger partial charge in [-0.05, 0) is 43.4 Å². The van der Waals surface area contributed by atoms with Crippen LogP contribution in [0, 0.1) is 5.92 Å². The SMILES string of the molecule is C[C@@H]1CCCC[C@@H]1NC(=O)CN1C(=O)N[C@@](C)(c2ccc3c(c2)OCCO3)C1=O. The highest BCUT2D eigenvalue weighted by Crippen LogP contribution is 2.36. The minimum atomic E-state index is -1.26. The normalized spacial score (nSPS) is 28.8. The van der Waals surface area contributed by atoms with E-state index in [-0.39, 0.29) is 18.5 Å². The second kappa shape index (κ2) is 7.57. The Morgan fingerprint density at radius 1 is 1.21 bits per heavy atom. The average Bonchev–Trinajstić information content (AvgIpc) is 2.93. The largest absolute Gasteiger partial charge is 0.486 e. The number of benzene rings is 1. The summed E-state index contributed by atoms with van der Waals surface area (Å²) in [6, 6.07) is 4.70. The second-order valence-corrected chi connectivity index (χ2v) is 8.24. The van der Waals surface area contributed by atoms with Gasteiger partial charge in [0.1, 0.15) is 25.3 Å². The van der Waals surface area contributed by atoms with Crippen LogP contribution in [-0.2, 0) is 15.1 Å². The molecule has 0 radical (unpaired) electrons. The molecule has 0 spiro atoms. The lowest BCUT2D eigenvalue weighted by Crippen LogP contribution is -2.47. The van der Waals surface area contributed by atoms with Crippen LogP contribution in [0.3, 0.4) is 0 Å². The molecule has 3 aliphatic rings. The van der Waals surface area contributed by atoms with Crippen molar-refractivity contribution in [2.24, 2.45) is 5.92 Å². The molecule has 2 aliphatic heterocycles. The van der Waals surface area contributed by atoms with Gasteiger partial charge in [0.15, 0.2) is 11.5 Å². The van der Waals surface area contributed by atoms with E-state index >= 15 is 0 Å². The molecule has 1 saturated heterocycles. The summed E-state index contributed by atoms with van der Waals surface area (Å²) >= 11 is 0. The van der Waals surface area contributed by atoms with Gasteiger partial charge in [0, 0.05) is 6.04 Å². The van der Waals surface area contributed by atoms with Gasteiger partial charge in [-0.25, -0.2) is 4.79 Å². The fourth-order valence-electron chi connectivity index (χ4n) is 4.32. The quantitative estimate of drug-likeness (QED) is 0.752. The Bertz CT molecular complexity index is 842. The first-order valence-corrected chi connectivity index (χ1v) is 10.2. The lowest BCUT2D eigenvalue weighted by atomic mass is 9.86. The monoisotopic (exact) mass is 401 g/mol. The maximum atomic E-state index is 13.1. The van der Waals surface area contributed by atoms with Crippen molar-refractivity contribution in [2.75, 3.05) is 19.8 Å². The minimum absolute atomic E-state index is 0.0983. The predicted octanol–water partition coefficient (Wildman–Crippen LogP) is 1.92. The molecule has 2 N–H and O–H groups in total. The third-order valence-electron chi connectivity index (χ3n) is 6.15. The Hall–Kier alpha value is -2.77. The van der Waals surface area contributed by atoms with E-state index in [1.165, 1.54) is 6.42 Å². The van der Waals surface area contributed by atoms with Crippen molar-refractivity contribution in [3.05, 3.63) is 23.8 Å². The first-order chi connectivity index (χ1) is 13.9. The fourth-order valence-corrected chi connectivity index (χ4v) is 4.32. The molecule has 4 rings (SSSR count). The molecule has 156 valence electrons. The number of fused-ring (bicyclic) bond motifs is 1. The molecular formula is C21H27N3O5. The number of carbonyl (C=O) groups is 3. The molecule has 3 atom stereocenters. The zero-order valence-corrected chi connectivity index (χ0v) is 16.8. The Morgan fingerprint density at radius 3 is 2.69 bits per heavy atom. The smallest absolute Gasteiger partial charge is 0.325 e. The van der Waals surface area contributed by atoms with Crippen molar-refractivity contribution in [3.63, 3.8) is 0 Å². The number of hydrogen-bond acceptors (Lipinski definition) is 5. The highest BCUT2D eigenvalue weighted by atomic mass is 16.6. The topological polar surface area (TPSA) is 97.0 Å². The van der Waals surface area contributed by atoms with Gasteiger partial charge in [0.05, 0.1) is 0 Å². The van der Waals surface area contributed by atoms with E-state index in [2.05, 4.69) is 17.6 Å². The van der Waals surface area contributed by atoms with Crippen molar-refractivity contribution in [1.82, 2.24) is 15.5 Å². The van der Waals surface area contributed by atoms with E-state index in [4.69, 9.17) is 9.47 Å². The van der Waals surface area contributed by atoms with E-state index in [1.807, 2.05) is 0 Å². The number of rotatable bonds is 4. The zero-order chi connectivity index (χ0) is 20.6. The van der Waals surface area contributed by atoms with Crippen molar-refractivity contribution >= 4 is 17.8 Å². The second-order valence-electron chi connectivity index (χ2n) is 8.24. The maximum Gasteiger partial charge on any atom is 0.325 e. The van der Waals surface area contributed by atoms with E-state index in [9.17, 15) is 14.4 Å². The van der Waals surface area contributed by atoms with Gasteiger partial charge in [-0.3, -0.25) is 14.5 Å². The van der Waals surface area contributed by atoms with E-state index in [1.54, 1.807) is 25.1 Å². The van der Waals surface area contributed by atoms with Crippen LogP contribution in [-0.4, -0.2) is 48.5 Å². The molecule has 0 unspecified atom stereocenters. The van der Waals surface area contributed by atoms with Crippen molar-refractivity contribution in [2.45, 2.75) is 51.1 Å². The number of hydrogen-bond donors (Lipinski definition) is 2. The summed E-state index contributed by atoms with van der Waals surface area (Å²) < 4.78 is 11.1. The van der Waals surface area contributed by atoms with Gasteiger partial charge in [-0.1, -0.05) is 25.8 Å². The van der Waals surface area contributed by atoms with E-state index < -0.39 is 17.5 Å². The summed E-state index contributed by atoms with van der Waals surface area (Å²) in [5, 5.41) is 5.73. The molecule has 29 heavy (non-hydrogen) atoms. The van der Waals surface area contributed by atoms with Gasteiger partial charge < -0.3 is 20.1 Å². The van der Waals surface area contributed by atoms with E-state index in [0.29, 0.717) is 36.2 Å². The summed E-state index contributed by atoms with van der Waals surface area (Å²) in [5.74, 6) is 0.793. The molecule has 2 heterocycles. The minimum Gasteiger partial charge on any atom is -0.486 e. The molecule has 1 aliphatic carbocycles. The zero-order valence-electron chi connectivity index (χ0n) is 16.8. The van der Waals surface area contributed by atoms with Crippen molar-refractivity contribution in [1.29, 1.82) is 0 Å². The lowest BCUT2D eigenvalue weighted by molar-refractivity contribution is -0.135. The predicted molar refractivity (Wildman–Crippen MR) is 105 cm³/mol. The highest BCUT2D eigenvalue weighted by molar-refractivity contribution is 6.09. The van der Waals surface area contributed by atoms with Gasteiger partial charge >= 0.3 is 6.03 Å². The van der Waals surface area contributed by atoms with E-state index in [0.717, 1.165) is 24.2 Å². The molecule has 2 fully saturated rings. The number of imide groups is 1. The summed E-state index contributed by atoms with van der Waals surface area (Å²) in [4.78, 5) is 39.1. The third kappa shape index (κ3) is 3.63. The molecule has 1 aromatic carbocycles. The molecule has 1 saturated carbocycles. The third-order valence-corrected chi connectivity index (χ3v) is 6.15. The number of ether oxygens (including phenoxy) is 2. The van der Waals surface area contributed by atoms with Crippen molar-refractivity contribution < 1.29 is 23.9 Å². The van der Waals surface area contributed by atoms with Gasteiger partial charge in [0.2, 0.25) is 5.91 Å². The van der Waals surface area contributed by atoms with Gasteiger partial charge in [-0.15, -0.1) is 0 Å². The number of nitrogens with one attached hydrogen (secondary N) is 2. The van der Waals surface area contributed by atoms with Crippen LogP contribution in [0.5, 0.6) is 11.5 Å². The van der Waals surface area contributed by atoms with Crippen LogP contribution in [0.15, 0.2) is 18.2 Å². The Morgan fingerprint density at radius 2 is 1.93 bits per heavy atom. The molecule has 4 amide bonds. The highest BCUT2D eigenvalue weighted by Gasteiger charge is 2.50. The summed E-state index contributed by atoms with van der Waals surface area (Å²) in [7, 11) is 0. The molecule has 0 aromatic heterocycles. The fraction of sp³-hybridized carbons (Fsp3) is 0.571. The van der Waals surface area contributed by atoms with Crippen LogP contribution < -0.4 is 20.1 Å². The van der Waals surface area contributed by atoms with Crippen molar-refractivity contribution in [3.8, 4) is 11.5 Å². The summed E-state index contributed by atoms with van der Waals surface area (Å²) in [5.41, 5.74) is -0.672. The van der Waals surface area contributed by atoms with Crippen LogP contribution >= 0.6 is 0 Å². The molecule has 0 bridgehead atoms. The van der Waals surface area contributed by atoms with Gasteiger partial charge in [-0.2, -0.15) is 0 Å². The average molecular weight is 401 g/mol. The number of urea groups is 1. The molecule has 1 aromatic rings. The molecular weight excluding hydrogens is 374 g/mol. The maximum absolute atomic E-state index is 13.1.